The molecule has 4 nitrogen and oxygen atoms in total. The minimum Gasteiger partial charge on any atom is -0.496 e. The number of piperidine rings is 1. The fourth-order valence-corrected chi connectivity index (χ4v) is 5.17. The monoisotopic (exact) mass is 420 g/mol. The van der Waals surface area contributed by atoms with Gasteiger partial charge in [-0.3, -0.25) is 4.79 Å². The molecule has 1 saturated heterocycles. The van der Waals surface area contributed by atoms with Crippen LogP contribution in [0.25, 0.3) is 0 Å². The summed E-state index contributed by atoms with van der Waals surface area (Å²) in [7, 11) is 1.69. The van der Waals surface area contributed by atoms with E-state index < -0.39 is 0 Å². The second kappa shape index (κ2) is 9.86. The first-order chi connectivity index (χ1) is 15.1. The first-order valence-corrected chi connectivity index (χ1v) is 11.8. The van der Waals surface area contributed by atoms with Crippen molar-refractivity contribution in [3.8, 4) is 5.75 Å². The van der Waals surface area contributed by atoms with Crippen LogP contribution in [0.4, 0.5) is 0 Å². The van der Waals surface area contributed by atoms with E-state index in [0.29, 0.717) is 12.5 Å². The molecule has 1 N–H and O–H groups in total. The summed E-state index contributed by atoms with van der Waals surface area (Å²) >= 11 is 0. The van der Waals surface area contributed by atoms with Crippen molar-refractivity contribution < 1.29 is 9.53 Å². The average molecular weight is 421 g/mol. The number of carbonyl (C=O) groups is 1. The number of ether oxygens (including phenoxy) is 1. The van der Waals surface area contributed by atoms with Crippen LogP contribution in [-0.2, 0) is 11.2 Å². The van der Waals surface area contributed by atoms with Crippen LogP contribution in [0.3, 0.4) is 0 Å². The molecular formula is C27H36N2O2. The minimum atomic E-state index is 0.218. The minimum absolute atomic E-state index is 0.218. The summed E-state index contributed by atoms with van der Waals surface area (Å²) < 4.78 is 5.40. The lowest BCUT2D eigenvalue weighted by Crippen LogP contribution is -2.38. The molecule has 31 heavy (non-hydrogen) atoms. The van der Waals surface area contributed by atoms with E-state index in [1.807, 2.05) is 18.2 Å². The van der Waals surface area contributed by atoms with Gasteiger partial charge in [-0.1, -0.05) is 55.5 Å². The number of rotatable bonds is 9. The molecule has 1 saturated carbocycles. The largest absolute Gasteiger partial charge is 0.496 e. The molecule has 1 spiro atoms. The highest BCUT2D eigenvalue weighted by atomic mass is 16.5. The molecular weight excluding hydrogens is 384 g/mol. The van der Waals surface area contributed by atoms with E-state index in [1.165, 1.54) is 12.0 Å². The Kier molecular flexibility index (Phi) is 6.96. The zero-order valence-electron chi connectivity index (χ0n) is 19.0. The number of methoxy groups -OCH3 is 1. The maximum atomic E-state index is 12.7. The Labute approximate surface area is 187 Å². The maximum absolute atomic E-state index is 12.7. The predicted molar refractivity (Wildman–Crippen MR) is 125 cm³/mol. The summed E-state index contributed by atoms with van der Waals surface area (Å²) in [6.45, 7) is 6.42. The third kappa shape index (κ3) is 5.30. The summed E-state index contributed by atoms with van der Waals surface area (Å²) in [6, 6.07) is 18.8. The molecule has 2 fully saturated rings. The number of amides is 1. The fraction of sp³-hybridized carbons (Fsp3) is 0.519. The number of nitrogens with zero attached hydrogens (tertiary/aromatic N) is 1. The molecule has 2 aliphatic rings. The fourth-order valence-electron chi connectivity index (χ4n) is 5.17. The van der Waals surface area contributed by atoms with E-state index in [2.05, 4.69) is 53.5 Å². The first kappa shape index (κ1) is 21.9. The summed E-state index contributed by atoms with van der Waals surface area (Å²) in [5.41, 5.74) is 2.85. The number of hydrogen-bond acceptors (Lipinski definition) is 3. The normalized spacial score (nSPS) is 20.9. The Morgan fingerprint density at radius 2 is 1.84 bits per heavy atom. The van der Waals surface area contributed by atoms with Gasteiger partial charge in [0.2, 0.25) is 5.91 Å². The highest BCUT2D eigenvalue weighted by Crippen LogP contribution is 2.59. The van der Waals surface area contributed by atoms with Crippen LogP contribution < -0.4 is 10.1 Å². The Hall–Kier alpha value is -2.33. The van der Waals surface area contributed by atoms with Gasteiger partial charge in [-0.05, 0) is 80.3 Å². The van der Waals surface area contributed by atoms with Crippen LogP contribution in [0.2, 0.25) is 0 Å². The molecule has 1 amide bonds. The third-order valence-corrected chi connectivity index (χ3v) is 7.49. The van der Waals surface area contributed by atoms with Crippen LogP contribution in [0.15, 0.2) is 54.6 Å². The van der Waals surface area contributed by atoms with E-state index in [-0.39, 0.29) is 17.2 Å². The van der Waals surface area contributed by atoms with Crippen molar-refractivity contribution in [2.24, 2.45) is 11.3 Å². The molecule has 2 atom stereocenters. The Balaban J connectivity index is 1.17. The zero-order chi connectivity index (χ0) is 21.7. The lowest BCUT2D eigenvalue weighted by Gasteiger charge is -2.33. The lowest BCUT2D eigenvalue weighted by atomic mass is 9.90. The molecule has 0 radical (unpaired) electrons. The van der Waals surface area contributed by atoms with Gasteiger partial charge in [0, 0.05) is 12.5 Å². The molecule has 166 valence electrons. The van der Waals surface area contributed by atoms with Gasteiger partial charge >= 0.3 is 0 Å². The Bertz CT molecular complexity index is 859. The molecule has 0 aromatic heterocycles. The number of carbonyl (C=O) groups excluding carboxylic acids is 1. The van der Waals surface area contributed by atoms with Crippen molar-refractivity contribution in [3.05, 3.63) is 65.7 Å². The van der Waals surface area contributed by atoms with Crippen molar-refractivity contribution in [3.63, 3.8) is 0 Å². The van der Waals surface area contributed by atoms with Crippen molar-refractivity contribution in [1.29, 1.82) is 0 Å². The second-order valence-electron chi connectivity index (χ2n) is 9.41. The van der Waals surface area contributed by atoms with Crippen molar-refractivity contribution >= 4 is 5.91 Å². The number of hydrogen-bond donors (Lipinski definition) is 1. The third-order valence-electron chi connectivity index (χ3n) is 7.49. The molecule has 4 rings (SSSR count). The highest BCUT2D eigenvalue weighted by Gasteiger charge is 2.58. The van der Waals surface area contributed by atoms with Crippen LogP contribution >= 0.6 is 0 Å². The topological polar surface area (TPSA) is 41.6 Å². The number of para-hydroxylation sites is 1. The van der Waals surface area contributed by atoms with E-state index in [1.54, 1.807) is 7.11 Å². The Morgan fingerprint density at radius 1 is 1.13 bits per heavy atom. The van der Waals surface area contributed by atoms with Crippen LogP contribution in [0, 0.1) is 11.3 Å². The predicted octanol–water partition coefficient (Wildman–Crippen LogP) is 4.65. The Morgan fingerprint density at radius 3 is 2.58 bits per heavy atom. The van der Waals surface area contributed by atoms with Gasteiger partial charge in [0.25, 0.3) is 0 Å². The summed E-state index contributed by atoms with van der Waals surface area (Å²) in [5.74, 6) is 1.96. The molecule has 2 aromatic carbocycles. The van der Waals surface area contributed by atoms with Crippen LogP contribution in [0.5, 0.6) is 5.75 Å². The van der Waals surface area contributed by atoms with Crippen molar-refractivity contribution in [1.82, 2.24) is 10.2 Å². The molecule has 0 bridgehead atoms. The van der Waals surface area contributed by atoms with Gasteiger partial charge in [0.1, 0.15) is 5.75 Å². The highest BCUT2D eigenvalue weighted by molar-refractivity contribution is 5.82. The summed E-state index contributed by atoms with van der Waals surface area (Å²) in [4.78, 5) is 15.3. The number of benzene rings is 2. The van der Waals surface area contributed by atoms with E-state index in [4.69, 9.17) is 4.74 Å². The maximum Gasteiger partial charge on any atom is 0.223 e. The molecule has 1 aliphatic heterocycles. The van der Waals surface area contributed by atoms with Crippen molar-refractivity contribution in [2.45, 2.75) is 44.9 Å². The first-order valence-electron chi connectivity index (χ1n) is 11.8. The number of likely N-dealkylation sites (tertiary alicyclic amines) is 1. The quantitative estimate of drug-likeness (QED) is 0.642. The van der Waals surface area contributed by atoms with Crippen molar-refractivity contribution in [2.75, 3.05) is 33.3 Å². The van der Waals surface area contributed by atoms with E-state index in [9.17, 15) is 4.79 Å². The lowest BCUT2D eigenvalue weighted by molar-refractivity contribution is -0.123. The molecule has 4 heteroatoms. The molecule has 0 unspecified atom stereocenters. The van der Waals surface area contributed by atoms with Gasteiger partial charge in [0.05, 0.1) is 7.11 Å². The standard InChI is InChI=1S/C27H36N2O2/c1-21(22-8-4-3-5-9-22)13-17-29-18-14-27(15-19-29)20-24(27)26(30)28-16-12-23-10-6-7-11-25(23)31-2/h3-11,21,24H,12-20H2,1-2H3,(H,28,30)/t21-,24+/m1/s1. The molecule has 1 aliphatic carbocycles. The summed E-state index contributed by atoms with van der Waals surface area (Å²) in [5, 5.41) is 3.18. The SMILES string of the molecule is COc1ccccc1CCNC(=O)[C@@H]1CC12CCN(CC[C@@H](C)c1ccccc1)CC2. The van der Waals surface area contributed by atoms with Gasteiger partial charge in [-0.25, -0.2) is 0 Å². The van der Waals surface area contributed by atoms with E-state index in [0.717, 1.165) is 56.6 Å². The van der Waals surface area contributed by atoms with Crippen LogP contribution in [0.1, 0.15) is 49.7 Å². The smallest absolute Gasteiger partial charge is 0.223 e. The summed E-state index contributed by atoms with van der Waals surface area (Å²) in [6.07, 6.45) is 5.41. The average Bonchev–Trinajstić information content (AvgIpc) is 3.52. The van der Waals surface area contributed by atoms with Gasteiger partial charge < -0.3 is 15.0 Å². The zero-order valence-corrected chi connectivity index (χ0v) is 19.0. The van der Waals surface area contributed by atoms with E-state index >= 15 is 0 Å². The molecule has 2 aromatic rings. The van der Waals surface area contributed by atoms with Gasteiger partial charge in [-0.15, -0.1) is 0 Å². The number of nitrogens with one attached hydrogen (secondary N) is 1. The van der Waals surface area contributed by atoms with Crippen LogP contribution in [-0.4, -0.2) is 44.1 Å². The van der Waals surface area contributed by atoms with Gasteiger partial charge in [-0.2, -0.15) is 0 Å². The molecule has 1 heterocycles. The van der Waals surface area contributed by atoms with Gasteiger partial charge in [0.15, 0.2) is 0 Å². The second-order valence-corrected chi connectivity index (χ2v) is 9.41.